The number of rotatable bonds is 4. The maximum Gasteiger partial charge on any atom is 0.319 e. The van der Waals surface area contributed by atoms with Gasteiger partial charge in [-0.3, -0.25) is 10.2 Å². The molecule has 0 fully saturated rings. The SMILES string of the molecule is CC(C)(C)OC(=N)C(CC=O)C(=O)OC(C)(C)C. The zero-order valence-electron chi connectivity index (χ0n) is 12.0. The van der Waals surface area contributed by atoms with Crippen LogP contribution in [-0.4, -0.2) is 29.4 Å². The molecule has 1 atom stereocenters. The molecule has 0 amide bonds. The lowest BCUT2D eigenvalue weighted by Gasteiger charge is -2.27. The fraction of sp³-hybridized carbons (Fsp3) is 0.769. The summed E-state index contributed by atoms with van der Waals surface area (Å²) in [6.07, 6.45) is 0.485. The minimum atomic E-state index is -0.971. The average Bonchev–Trinajstić information content (AvgIpc) is 2.07. The van der Waals surface area contributed by atoms with Gasteiger partial charge in [0.1, 0.15) is 23.4 Å². The number of hydrogen-bond donors (Lipinski definition) is 1. The Bertz CT molecular complexity index is 295. The van der Waals surface area contributed by atoms with Crippen LogP contribution < -0.4 is 0 Å². The molecule has 5 heteroatoms. The summed E-state index contributed by atoms with van der Waals surface area (Å²) in [5.41, 5.74) is -1.24. The van der Waals surface area contributed by atoms with Crippen LogP contribution in [0.2, 0.25) is 0 Å². The Morgan fingerprint density at radius 1 is 1.11 bits per heavy atom. The van der Waals surface area contributed by atoms with Crippen molar-refractivity contribution in [2.24, 2.45) is 5.92 Å². The molecule has 0 rings (SSSR count). The predicted octanol–water partition coefficient (Wildman–Crippen LogP) is 2.33. The summed E-state index contributed by atoms with van der Waals surface area (Å²) in [4.78, 5) is 22.5. The van der Waals surface area contributed by atoms with E-state index in [9.17, 15) is 9.59 Å². The van der Waals surface area contributed by atoms with E-state index in [0.29, 0.717) is 6.29 Å². The fourth-order valence-corrected chi connectivity index (χ4v) is 1.18. The van der Waals surface area contributed by atoms with Gasteiger partial charge in [-0.05, 0) is 41.5 Å². The Kier molecular flexibility index (Phi) is 5.52. The van der Waals surface area contributed by atoms with Gasteiger partial charge in [-0.1, -0.05) is 0 Å². The van der Waals surface area contributed by atoms with Gasteiger partial charge < -0.3 is 14.3 Å². The fourth-order valence-electron chi connectivity index (χ4n) is 1.18. The van der Waals surface area contributed by atoms with Crippen LogP contribution in [0.5, 0.6) is 0 Å². The topological polar surface area (TPSA) is 76.5 Å². The number of carbonyl (C=O) groups is 2. The number of aldehydes is 1. The van der Waals surface area contributed by atoms with Crippen molar-refractivity contribution in [2.45, 2.75) is 59.2 Å². The van der Waals surface area contributed by atoms with Crippen molar-refractivity contribution in [1.82, 2.24) is 0 Å². The molecule has 0 aromatic heterocycles. The van der Waals surface area contributed by atoms with Crippen LogP contribution in [0, 0.1) is 11.3 Å². The molecule has 104 valence electrons. The molecular weight excluding hydrogens is 234 g/mol. The van der Waals surface area contributed by atoms with E-state index in [-0.39, 0.29) is 12.3 Å². The van der Waals surface area contributed by atoms with Crippen LogP contribution in [-0.2, 0) is 19.1 Å². The van der Waals surface area contributed by atoms with Crippen molar-refractivity contribution in [3.8, 4) is 0 Å². The van der Waals surface area contributed by atoms with E-state index in [2.05, 4.69) is 0 Å². The normalized spacial score (nSPS) is 13.7. The van der Waals surface area contributed by atoms with Gasteiger partial charge >= 0.3 is 5.97 Å². The van der Waals surface area contributed by atoms with Crippen molar-refractivity contribution in [3.05, 3.63) is 0 Å². The number of nitrogens with one attached hydrogen (secondary N) is 1. The van der Waals surface area contributed by atoms with Crippen LogP contribution in [0.4, 0.5) is 0 Å². The highest BCUT2D eigenvalue weighted by Gasteiger charge is 2.31. The molecule has 0 aromatic carbocycles. The van der Waals surface area contributed by atoms with E-state index in [1.165, 1.54) is 0 Å². The average molecular weight is 257 g/mol. The van der Waals surface area contributed by atoms with Crippen LogP contribution in [0.1, 0.15) is 48.0 Å². The van der Waals surface area contributed by atoms with Gasteiger partial charge in [0.15, 0.2) is 5.90 Å². The quantitative estimate of drug-likeness (QED) is 0.363. The summed E-state index contributed by atoms with van der Waals surface area (Å²) < 4.78 is 10.5. The second-order valence-electron chi connectivity index (χ2n) is 6.07. The molecule has 1 unspecified atom stereocenters. The monoisotopic (exact) mass is 257 g/mol. The van der Waals surface area contributed by atoms with Crippen LogP contribution in [0.15, 0.2) is 0 Å². The lowest BCUT2D eigenvalue weighted by molar-refractivity contribution is -0.158. The molecule has 0 aliphatic heterocycles. The van der Waals surface area contributed by atoms with E-state index < -0.39 is 23.1 Å². The third kappa shape index (κ3) is 7.04. The summed E-state index contributed by atoms with van der Waals surface area (Å²) in [6, 6.07) is 0. The molecule has 0 aliphatic rings. The van der Waals surface area contributed by atoms with E-state index in [0.717, 1.165) is 0 Å². The van der Waals surface area contributed by atoms with E-state index >= 15 is 0 Å². The van der Waals surface area contributed by atoms with Gasteiger partial charge in [0.25, 0.3) is 0 Å². The maximum atomic E-state index is 11.9. The second kappa shape index (κ2) is 5.98. The first-order chi connectivity index (χ1) is 7.96. The summed E-state index contributed by atoms with van der Waals surface area (Å²) >= 11 is 0. The Morgan fingerprint density at radius 3 is 1.89 bits per heavy atom. The molecule has 0 aliphatic carbocycles. The number of ether oxygens (including phenoxy) is 2. The lowest BCUT2D eigenvalue weighted by atomic mass is 10.0. The lowest BCUT2D eigenvalue weighted by Crippen LogP contribution is -2.36. The first-order valence-corrected chi connectivity index (χ1v) is 5.90. The zero-order valence-corrected chi connectivity index (χ0v) is 12.0. The molecule has 5 nitrogen and oxygen atoms in total. The zero-order chi connectivity index (χ0) is 14.6. The Morgan fingerprint density at radius 2 is 1.56 bits per heavy atom. The summed E-state index contributed by atoms with van der Waals surface area (Å²) in [7, 11) is 0. The molecule has 0 aromatic rings. The largest absolute Gasteiger partial charge is 0.475 e. The molecule has 1 N–H and O–H groups in total. The number of hydrogen-bond acceptors (Lipinski definition) is 5. The minimum absolute atomic E-state index is 0.107. The highest BCUT2D eigenvalue weighted by molar-refractivity contribution is 5.98. The highest BCUT2D eigenvalue weighted by atomic mass is 16.6. The Labute approximate surface area is 108 Å². The second-order valence-corrected chi connectivity index (χ2v) is 6.07. The van der Waals surface area contributed by atoms with Gasteiger partial charge in [-0.15, -0.1) is 0 Å². The van der Waals surface area contributed by atoms with Gasteiger partial charge in [-0.2, -0.15) is 0 Å². The molecule has 0 spiro atoms. The highest BCUT2D eigenvalue weighted by Crippen LogP contribution is 2.18. The van der Waals surface area contributed by atoms with E-state index in [1.54, 1.807) is 41.5 Å². The van der Waals surface area contributed by atoms with Gasteiger partial charge in [0.2, 0.25) is 0 Å². The molecule has 0 heterocycles. The van der Waals surface area contributed by atoms with Crippen molar-refractivity contribution in [1.29, 1.82) is 5.41 Å². The van der Waals surface area contributed by atoms with Crippen molar-refractivity contribution < 1.29 is 19.1 Å². The van der Waals surface area contributed by atoms with Gasteiger partial charge in [-0.25, -0.2) is 0 Å². The first kappa shape index (κ1) is 16.6. The molecular formula is C13H23NO4. The smallest absolute Gasteiger partial charge is 0.319 e. The van der Waals surface area contributed by atoms with Crippen LogP contribution >= 0.6 is 0 Å². The van der Waals surface area contributed by atoms with Crippen molar-refractivity contribution in [2.75, 3.05) is 0 Å². The molecule has 0 bridgehead atoms. The third-order valence-corrected chi connectivity index (χ3v) is 1.76. The molecule has 0 saturated heterocycles. The van der Waals surface area contributed by atoms with Crippen LogP contribution in [0.3, 0.4) is 0 Å². The molecule has 18 heavy (non-hydrogen) atoms. The van der Waals surface area contributed by atoms with Crippen molar-refractivity contribution >= 4 is 18.2 Å². The molecule has 0 radical (unpaired) electrons. The van der Waals surface area contributed by atoms with Crippen molar-refractivity contribution in [3.63, 3.8) is 0 Å². The number of carbonyl (C=O) groups excluding carboxylic acids is 2. The summed E-state index contributed by atoms with van der Waals surface area (Å²) in [6.45, 7) is 10.5. The van der Waals surface area contributed by atoms with E-state index in [1.807, 2.05) is 0 Å². The van der Waals surface area contributed by atoms with E-state index in [4.69, 9.17) is 14.9 Å². The summed E-state index contributed by atoms with van der Waals surface area (Å²) in [5.74, 6) is -1.81. The van der Waals surface area contributed by atoms with Crippen LogP contribution in [0.25, 0.3) is 0 Å². The van der Waals surface area contributed by atoms with Gasteiger partial charge in [0.05, 0.1) is 0 Å². The number of esters is 1. The minimum Gasteiger partial charge on any atom is -0.475 e. The molecule has 0 saturated carbocycles. The Hall–Kier alpha value is -1.39. The Balaban J connectivity index is 4.80. The standard InChI is InChI=1S/C13H23NO4/c1-12(2,3)17-10(14)9(7-8-15)11(16)18-13(4,5)6/h8-9,14H,7H2,1-6H3. The maximum absolute atomic E-state index is 11.9. The third-order valence-electron chi connectivity index (χ3n) is 1.76. The van der Waals surface area contributed by atoms with Gasteiger partial charge in [0, 0.05) is 6.42 Å². The summed E-state index contributed by atoms with van der Waals surface area (Å²) in [5, 5.41) is 7.76. The first-order valence-electron chi connectivity index (χ1n) is 5.90. The predicted molar refractivity (Wildman–Crippen MR) is 68.6 cm³/mol.